The van der Waals surface area contributed by atoms with Gasteiger partial charge in [-0.25, -0.2) is 10.2 Å². The molecule has 3 unspecified atom stereocenters. The number of allylic oxidation sites excluding steroid dienone is 3. The lowest BCUT2D eigenvalue weighted by Crippen LogP contribution is -2.74. The third-order valence-corrected chi connectivity index (χ3v) is 7.17. The Morgan fingerprint density at radius 2 is 2.33 bits per heavy atom. The highest BCUT2D eigenvalue weighted by Gasteiger charge is 2.75. The monoisotopic (exact) mass is 372 g/mol. The lowest BCUT2D eigenvalue weighted by atomic mass is 9.45. The summed E-state index contributed by atoms with van der Waals surface area (Å²) in [7, 11) is 3.70. The molecule has 8 heteroatoms. The number of methoxy groups -OCH3 is 1. The predicted octanol–water partition coefficient (Wildman–Crippen LogP) is 0.465. The number of hydrogen-bond acceptors (Lipinski definition) is 6. The van der Waals surface area contributed by atoms with Crippen molar-refractivity contribution in [1.29, 1.82) is 0 Å². The number of piperidine rings is 1. The van der Waals surface area contributed by atoms with E-state index in [1.807, 2.05) is 12.2 Å². The molecule has 5 rings (SSSR count). The van der Waals surface area contributed by atoms with Crippen molar-refractivity contribution in [3.8, 4) is 0 Å². The molecule has 0 aromatic heterocycles. The number of hydrogen-bond donors (Lipinski definition) is 3. The molecule has 3 aliphatic carbocycles. The molecule has 3 fully saturated rings. The summed E-state index contributed by atoms with van der Waals surface area (Å²) in [5.74, 6) is 1.75. The van der Waals surface area contributed by atoms with Crippen molar-refractivity contribution in [2.75, 3.05) is 20.7 Å². The number of ether oxygens (including phenoxy) is 2. The number of urea groups is 1. The number of carbonyl (C=O) groups excluding carboxylic acids is 1. The zero-order chi connectivity index (χ0) is 19.0. The maximum Gasteiger partial charge on any atom is 0.332 e. The van der Waals surface area contributed by atoms with Crippen LogP contribution in [-0.2, 0) is 9.47 Å². The molecule has 5 aliphatic rings. The topological polar surface area (TPSA) is 109 Å². The van der Waals surface area contributed by atoms with E-state index in [2.05, 4.69) is 28.6 Å². The number of amides is 2. The molecule has 2 saturated heterocycles. The van der Waals surface area contributed by atoms with Crippen LogP contribution in [0.1, 0.15) is 12.8 Å². The molecule has 0 aromatic carbocycles. The summed E-state index contributed by atoms with van der Waals surface area (Å²) in [5, 5.41) is 16.1. The van der Waals surface area contributed by atoms with Crippen molar-refractivity contribution < 1.29 is 19.4 Å². The molecular weight excluding hydrogens is 348 g/mol. The quantitative estimate of drug-likeness (QED) is 0.610. The van der Waals surface area contributed by atoms with Crippen LogP contribution in [0, 0.1) is 17.3 Å². The van der Waals surface area contributed by atoms with Gasteiger partial charge in [0, 0.05) is 12.0 Å². The number of likely N-dealkylation sites (N-methyl/N-ethyl adjacent to an activating group) is 1. The van der Waals surface area contributed by atoms with Crippen LogP contribution in [-0.4, -0.2) is 60.2 Å². The first kappa shape index (κ1) is 16.8. The van der Waals surface area contributed by atoms with Crippen LogP contribution in [0.3, 0.4) is 0 Å². The van der Waals surface area contributed by atoms with Crippen LogP contribution >= 0.6 is 0 Å². The summed E-state index contributed by atoms with van der Waals surface area (Å²) in [4.78, 5) is 13.4. The Morgan fingerprint density at radius 3 is 3.07 bits per heavy atom. The summed E-state index contributed by atoms with van der Waals surface area (Å²) < 4.78 is 12.0. The van der Waals surface area contributed by atoms with Gasteiger partial charge < -0.3 is 25.2 Å². The van der Waals surface area contributed by atoms with E-state index in [-0.39, 0.29) is 17.9 Å². The molecule has 27 heavy (non-hydrogen) atoms. The average Bonchev–Trinajstić information content (AvgIpc) is 2.99. The SMILES string of the molecule is COC1=C2O[C@H]3C(=NNC(N)=O)C=CC4(O)[C@H]5CC(C=C1)C2[C@@]34CCN5C. The minimum absolute atomic E-state index is 0.00593. The van der Waals surface area contributed by atoms with Crippen LogP contribution in [0.25, 0.3) is 0 Å². The van der Waals surface area contributed by atoms with Crippen molar-refractivity contribution in [1.82, 2.24) is 10.3 Å². The van der Waals surface area contributed by atoms with Gasteiger partial charge in [0.2, 0.25) is 0 Å². The van der Waals surface area contributed by atoms with E-state index in [0.29, 0.717) is 11.5 Å². The number of carbonyl (C=O) groups is 1. The number of hydrazone groups is 1. The Labute approximate surface area is 157 Å². The second kappa shape index (κ2) is 5.36. The Morgan fingerprint density at radius 1 is 1.52 bits per heavy atom. The predicted molar refractivity (Wildman–Crippen MR) is 97.4 cm³/mol. The van der Waals surface area contributed by atoms with Gasteiger partial charge in [0.25, 0.3) is 0 Å². The average molecular weight is 372 g/mol. The molecule has 0 radical (unpaired) electrons. The van der Waals surface area contributed by atoms with Crippen LogP contribution < -0.4 is 11.2 Å². The zero-order valence-corrected chi connectivity index (χ0v) is 15.4. The Bertz CT molecular complexity index is 834. The first-order valence-electron chi connectivity index (χ1n) is 9.30. The van der Waals surface area contributed by atoms with Gasteiger partial charge in [-0.3, -0.25) is 0 Å². The summed E-state index contributed by atoms with van der Waals surface area (Å²) in [6, 6.07) is -0.737. The van der Waals surface area contributed by atoms with Crippen LogP contribution in [0.2, 0.25) is 0 Å². The largest absolute Gasteiger partial charge is 0.493 e. The summed E-state index contributed by atoms with van der Waals surface area (Å²) in [6.07, 6.45) is 8.89. The summed E-state index contributed by atoms with van der Waals surface area (Å²) in [6.45, 7) is 0.861. The van der Waals surface area contributed by atoms with Gasteiger partial charge >= 0.3 is 6.03 Å². The molecule has 6 atom stereocenters. The van der Waals surface area contributed by atoms with E-state index >= 15 is 0 Å². The van der Waals surface area contributed by atoms with E-state index < -0.39 is 23.2 Å². The molecule has 2 bridgehead atoms. The first-order valence-corrected chi connectivity index (χ1v) is 9.30. The molecule has 144 valence electrons. The minimum atomic E-state index is -1.04. The second-order valence-electron chi connectivity index (χ2n) is 8.13. The van der Waals surface area contributed by atoms with Crippen LogP contribution in [0.5, 0.6) is 0 Å². The van der Waals surface area contributed by atoms with Gasteiger partial charge in [0.05, 0.1) is 12.5 Å². The van der Waals surface area contributed by atoms with Crippen molar-refractivity contribution >= 4 is 11.7 Å². The van der Waals surface area contributed by atoms with E-state index in [1.54, 1.807) is 13.2 Å². The third-order valence-electron chi connectivity index (χ3n) is 7.17. The van der Waals surface area contributed by atoms with E-state index in [9.17, 15) is 9.90 Å². The molecular formula is C19H24N4O4. The molecule has 8 nitrogen and oxygen atoms in total. The van der Waals surface area contributed by atoms with Crippen molar-refractivity contribution in [2.24, 2.45) is 28.1 Å². The normalized spacial score (nSPS) is 45.5. The van der Waals surface area contributed by atoms with Crippen LogP contribution in [0.15, 0.2) is 40.9 Å². The van der Waals surface area contributed by atoms with Gasteiger partial charge in [0.15, 0.2) is 11.9 Å². The Balaban J connectivity index is 1.72. The Kier molecular flexibility index (Phi) is 3.34. The van der Waals surface area contributed by atoms with Crippen LogP contribution in [0.4, 0.5) is 4.79 Å². The second-order valence-corrected chi connectivity index (χ2v) is 8.13. The van der Waals surface area contributed by atoms with Gasteiger partial charge in [-0.15, -0.1) is 0 Å². The molecule has 0 aromatic rings. The summed E-state index contributed by atoms with van der Waals surface area (Å²) >= 11 is 0. The number of likely N-dealkylation sites (tertiary alicyclic amines) is 1. The smallest absolute Gasteiger partial charge is 0.332 e. The third kappa shape index (κ3) is 1.89. The van der Waals surface area contributed by atoms with E-state index in [4.69, 9.17) is 15.2 Å². The molecule has 2 heterocycles. The van der Waals surface area contributed by atoms with Gasteiger partial charge in [-0.1, -0.05) is 6.08 Å². The maximum atomic E-state index is 12.0. The molecule has 1 saturated carbocycles. The highest BCUT2D eigenvalue weighted by Crippen LogP contribution is 2.68. The highest BCUT2D eigenvalue weighted by atomic mass is 16.5. The fourth-order valence-electron chi connectivity index (χ4n) is 6.11. The first-order chi connectivity index (χ1) is 12.9. The molecule has 2 amide bonds. The van der Waals surface area contributed by atoms with Crippen molar-refractivity contribution in [3.63, 3.8) is 0 Å². The minimum Gasteiger partial charge on any atom is -0.493 e. The molecule has 2 aliphatic heterocycles. The van der Waals surface area contributed by atoms with Crippen molar-refractivity contribution in [2.45, 2.75) is 30.6 Å². The fourth-order valence-corrected chi connectivity index (χ4v) is 6.11. The van der Waals surface area contributed by atoms with E-state index in [0.717, 1.165) is 25.1 Å². The number of nitrogens with two attached hydrogens (primary N) is 1. The lowest BCUT2D eigenvalue weighted by molar-refractivity contribution is -0.194. The fraction of sp³-hybridized carbons (Fsp3) is 0.579. The number of nitrogens with zero attached hydrogens (tertiary/aromatic N) is 2. The standard InChI is InChI=1S/C19H24N4O4/c1-23-8-7-18-14-10-3-4-12(26-2)15(14)27-16(18)11(21-22-17(20)24)5-6-19(18,25)13(23)9-10/h3-6,10,13-14,16,25H,7-9H2,1-2H3,(H3,20,22,24)/t10?,13-,14?,16+,18+,19?/m1/s1. The number of aliphatic hydroxyl groups is 1. The van der Waals surface area contributed by atoms with Gasteiger partial charge in [0.1, 0.15) is 17.1 Å². The van der Waals surface area contributed by atoms with E-state index in [1.165, 1.54) is 0 Å². The highest BCUT2D eigenvalue weighted by molar-refractivity contribution is 6.02. The van der Waals surface area contributed by atoms with Gasteiger partial charge in [-0.05, 0) is 50.6 Å². The number of rotatable bonds is 2. The molecule has 4 N–H and O–H groups in total. The Hall–Kier alpha value is -2.32. The number of primary amides is 1. The maximum absolute atomic E-state index is 12.0. The lowest BCUT2D eigenvalue weighted by Gasteiger charge is -2.63. The van der Waals surface area contributed by atoms with Crippen molar-refractivity contribution in [3.05, 3.63) is 35.8 Å². The number of nitrogens with one attached hydrogen (secondary N) is 1. The summed E-state index contributed by atoms with van der Waals surface area (Å²) in [5.41, 5.74) is 6.48. The molecule has 1 spiro atoms. The van der Waals surface area contributed by atoms with Gasteiger partial charge in [-0.2, -0.15) is 5.10 Å². The zero-order valence-electron chi connectivity index (χ0n) is 15.4.